The lowest BCUT2D eigenvalue weighted by Gasteiger charge is -2.26. The van der Waals surface area contributed by atoms with E-state index < -0.39 is 0 Å². The number of rotatable bonds is 8. The van der Waals surface area contributed by atoms with Crippen molar-refractivity contribution >= 4 is 17.1 Å². The van der Waals surface area contributed by atoms with Crippen LogP contribution in [0.25, 0.3) is 16.6 Å². The molecule has 0 aliphatic carbocycles. The first-order valence-electron chi connectivity index (χ1n) is 13.3. The normalized spacial score (nSPS) is 15.3. The lowest BCUT2D eigenvalue weighted by Crippen LogP contribution is -2.29. The van der Waals surface area contributed by atoms with Gasteiger partial charge in [0.15, 0.2) is 0 Å². The molecule has 2 aromatic heterocycles. The minimum absolute atomic E-state index is 0.111. The number of aryl methyl sites for hydroxylation is 1. The minimum Gasteiger partial charge on any atom is -0.493 e. The number of hydrogen-bond donors (Lipinski definition) is 1. The molecule has 200 valence electrons. The second-order valence-electron chi connectivity index (χ2n) is 10.6. The van der Waals surface area contributed by atoms with Crippen molar-refractivity contribution in [2.24, 2.45) is 0 Å². The smallest absolute Gasteiger partial charge is 0.125 e. The lowest BCUT2D eigenvalue weighted by atomic mass is 9.91. The summed E-state index contributed by atoms with van der Waals surface area (Å²) in [6, 6.07) is 15.5. The van der Waals surface area contributed by atoms with E-state index in [1.54, 1.807) is 6.07 Å². The van der Waals surface area contributed by atoms with Gasteiger partial charge in [-0.05, 0) is 54.2 Å². The van der Waals surface area contributed by atoms with Gasteiger partial charge in [0.2, 0.25) is 0 Å². The molecule has 0 amide bonds. The Morgan fingerprint density at radius 2 is 1.89 bits per heavy atom. The molecule has 0 saturated carbocycles. The fourth-order valence-corrected chi connectivity index (χ4v) is 5.83. The van der Waals surface area contributed by atoms with Crippen molar-refractivity contribution < 1.29 is 13.9 Å². The van der Waals surface area contributed by atoms with Crippen LogP contribution in [0.1, 0.15) is 80.1 Å². The molecule has 2 aromatic carbocycles. The number of pyridine rings is 1. The van der Waals surface area contributed by atoms with E-state index in [-0.39, 0.29) is 23.7 Å². The van der Waals surface area contributed by atoms with E-state index >= 15 is 0 Å². The summed E-state index contributed by atoms with van der Waals surface area (Å²) in [6.45, 7) is 12.0. The molecule has 5 rings (SSSR count). The maximum Gasteiger partial charge on any atom is 0.125 e. The van der Waals surface area contributed by atoms with E-state index in [1.165, 1.54) is 11.6 Å². The molecule has 0 saturated heterocycles. The van der Waals surface area contributed by atoms with Crippen molar-refractivity contribution in [1.82, 2.24) is 14.9 Å². The maximum atomic E-state index is 14.3. The van der Waals surface area contributed by atoms with Gasteiger partial charge in [0.1, 0.15) is 11.6 Å². The Bertz CT molecular complexity index is 1460. The van der Waals surface area contributed by atoms with Crippen molar-refractivity contribution in [3.8, 4) is 16.9 Å². The Labute approximate surface area is 228 Å². The van der Waals surface area contributed by atoms with E-state index in [0.717, 1.165) is 51.3 Å². The summed E-state index contributed by atoms with van der Waals surface area (Å²) in [4.78, 5) is 0. The average Bonchev–Trinajstić information content (AvgIpc) is 3.21. The highest BCUT2D eigenvalue weighted by molar-refractivity contribution is 6.33. The Balaban J connectivity index is 1.42. The van der Waals surface area contributed by atoms with Gasteiger partial charge in [0.25, 0.3) is 0 Å². The zero-order chi connectivity index (χ0) is 27.0. The average molecular weight is 536 g/mol. The molecule has 0 fully saturated rings. The van der Waals surface area contributed by atoms with Crippen LogP contribution in [-0.4, -0.2) is 23.0 Å². The Morgan fingerprint density at radius 3 is 2.66 bits per heavy atom. The predicted octanol–water partition coefficient (Wildman–Crippen LogP) is 7.94. The third-order valence-corrected chi connectivity index (χ3v) is 7.55. The first kappa shape index (κ1) is 26.7. The van der Waals surface area contributed by atoms with E-state index in [2.05, 4.69) is 51.2 Å². The number of ether oxygens (including phenoxy) is 2. The number of fused-ring (bicyclic) bond motifs is 2. The van der Waals surface area contributed by atoms with Crippen LogP contribution in [-0.2, 0) is 11.3 Å². The standard InChI is InChI=1S/C31H35ClFN3O2/c1-18(2)24-14-22(33)15-25(32)30(24)29-20(5)35-36-27(29)11-10-21(31(36)19(3)4)16-37-17-34-26-12-13-38-28-9-7-6-8-23(26)28/h6-11,14-15,18-19,26,34H,12-13,16-17H2,1-5H3/t26-/m0/s1. The van der Waals surface area contributed by atoms with Crippen molar-refractivity contribution in [2.75, 3.05) is 13.3 Å². The molecule has 0 unspecified atom stereocenters. The molecule has 3 heterocycles. The second kappa shape index (κ2) is 11.0. The van der Waals surface area contributed by atoms with Crippen LogP contribution in [0.4, 0.5) is 4.39 Å². The zero-order valence-electron chi connectivity index (χ0n) is 22.6. The number of benzene rings is 2. The van der Waals surface area contributed by atoms with Crippen LogP contribution in [0.2, 0.25) is 5.02 Å². The van der Waals surface area contributed by atoms with Crippen LogP contribution >= 0.6 is 11.6 Å². The van der Waals surface area contributed by atoms with Crippen molar-refractivity contribution in [3.63, 3.8) is 0 Å². The second-order valence-corrected chi connectivity index (χ2v) is 11.0. The summed E-state index contributed by atoms with van der Waals surface area (Å²) in [5.74, 6) is 0.945. The van der Waals surface area contributed by atoms with E-state index in [4.69, 9.17) is 26.2 Å². The summed E-state index contributed by atoms with van der Waals surface area (Å²) >= 11 is 6.64. The fourth-order valence-electron chi connectivity index (χ4n) is 5.52. The third-order valence-electron chi connectivity index (χ3n) is 7.25. The number of para-hydroxylation sites is 1. The molecule has 4 aromatic rings. The number of nitrogens with zero attached hydrogens (tertiary/aromatic N) is 2. The molecular formula is C31H35ClFN3O2. The maximum absolute atomic E-state index is 14.3. The summed E-state index contributed by atoms with van der Waals surface area (Å²) < 4.78 is 28.2. The summed E-state index contributed by atoms with van der Waals surface area (Å²) in [7, 11) is 0. The first-order valence-corrected chi connectivity index (χ1v) is 13.7. The Kier molecular flexibility index (Phi) is 7.75. The van der Waals surface area contributed by atoms with Crippen LogP contribution in [0, 0.1) is 12.7 Å². The lowest BCUT2D eigenvalue weighted by molar-refractivity contribution is 0.0885. The Morgan fingerprint density at radius 1 is 1.11 bits per heavy atom. The van der Waals surface area contributed by atoms with Crippen molar-refractivity contribution in [2.45, 2.75) is 65.5 Å². The van der Waals surface area contributed by atoms with Gasteiger partial charge in [-0.15, -0.1) is 0 Å². The van der Waals surface area contributed by atoms with Gasteiger partial charge in [-0.3, -0.25) is 5.32 Å². The molecule has 5 nitrogen and oxygen atoms in total. The molecule has 1 aliphatic heterocycles. The quantitative estimate of drug-likeness (QED) is 0.184. The monoisotopic (exact) mass is 535 g/mol. The first-order chi connectivity index (χ1) is 18.3. The fraction of sp³-hybridized carbons (Fsp3) is 0.387. The molecule has 1 N–H and O–H groups in total. The van der Waals surface area contributed by atoms with E-state index in [0.29, 0.717) is 25.0 Å². The molecule has 1 aliphatic rings. The van der Waals surface area contributed by atoms with Crippen LogP contribution in [0.5, 0.6) is 5.75 Å². The summed E-state index contributed by atoms with van der Waals surface area (Å²) in [6.07, 6.45) is 0.906. The largest absolute Gasteiger partial charge is 0.493 e. The summed E-state index contributed by atoms with van der Waals surface area (Å²) in [5.41, 5.74) is 7.87. The van der Waals surface area contributed by atoms with Gasteiger partial charge >= 0.3 is 0 Å². The van der Waals surface area contributed by atoms with Gasteiger partial charge in [-0.1, -0.05) is 63.6 Å². The SMILES string of the molecule is Cc1nn2c(C(C)C)c(COCN[C@H]3CCOc4ccccc43)ccc2c1-c1c(Cl)cc(F)cc1C(C)C. The molecular weight excluding hydrogens is 501 g/mol. The molecule has 0 bridgehead atoms. The van der Waals surface area contributed by atoms with Crippen LogP contribution in [0.3, 0.4) is 0 Å². The molecule has 0 radical (unpaired) electrons. The van der Waals surface area contributed by atoms with Gasteiger partial charge in [0, 0.05) is 29.2 Å². The third kappa shape index (κ3) is 5.05. The Hall–Kier alpha value is -2.93. The highest BCUT2D eigenvalue weighted by Crippen LogP contribution is 2.41. The van der Waals surface area contributed by atoms with Crippen LogP contribution < -0.4 is 10.1 Å². The van der Waals surface area contributed by atoms with Gasteiger partial charge in [0.05, 0.1) is 41.9 Å². The molecule has 0 spiro atoms. The minimum atomic E-state index is -0.322. The van der Waals surface area contributed by atoms with E-state index in [9.17, 15) is 4.39 Å². The highest BCUT2D eigenvalue weighted by atomic mass is 35.5. The zero-order valence-corrected chi connectivity index (χ0v) is 23.4. The van der Waals surface area contributed by atoms with Gasteiger partial charge in [-0.25, -0.2) is 8.91 Å². The summed E-state index contributed by atoms with van der Waals surface area (Å²) in [5, 5.41) is 8.88. The highest BCUT2D eigenvalue weighted by Gasteiger charge is 2.24. The molecule has 1 atom stereocenters. The number of aromatic nitrogens is 2. The predicted molar refractivity (Wildman–Crippen MR) is 151 cm³/mol. The number of halogens is 2. The van der Waals surface area contributed by atoms with Crippen molar-refractivity contribution in [3.05, 3.63) is 87.4 Å². The molecule has 38 heavy (non-hydrogen) atoms. The van der Waals surface area contributed by atoms with Gasteiger partial charge in [-0.2, -0.15) is 5.10 Å². The van der Waals surface area contributed by atoms with Gasteiger partial charge < -0.3 is 9.47 Å². The van der Waals surface area contributed by atoms with Crippen molar-refractivity contribution in [1.29, 1.82) is 0 Å². The number of hydrogen-bond acceptors (Lipinski definition) is 4. The number of nitrogens with one attached hydrogen (secondary N) is 1. The van der Waals surface area contributed by atoms with Crippen LogP contribution in [0.15, 0.2) is 48.5 Å². The molecule has 7 heteroatoms. The topological polar surface area (TPSA) is 47.8 Å². The van der Waals surface area contributed by atoms with E-state index in [1.807, 2.05) is 29.6 Å².